The highest BCUT2D eigenvalue weighted by atomic mass is 31.2. The number of nitrogens with one attached hydrogen (secondary N) is 1. The molecule has 0 aliphatic carbocycles. The second kappa shape index (κ2) is 39.9. The van der Waals surface area contributed by atoms with Crippen molar-refractivity contribution in [2.75, 3.05) is 40.9 Å². The second-order valence-corrected chi connectivity index (χ2v) is 17.4. The number of carbonyl (C=O) groups is 1. The van der Waals surface area contributed by atoms with Gasteiger partial charge in [0, 0.05) is 6.42 Å². The Hall–Kier alpha value is -2.58. The summed E-state index contributed by atoms with van der Waals surface area (Å²) in [5, 5.41) is 13.7. The zero-order chi connectivity index (χ0) is 42.8. The first-order valence-electron chi connectivity index (χ1n) is 22.6. The van der Waals surface area contributed by atoms with Gasteiger partial charge >= 0.3 is 0 Å². The molecule has 8 nitrogen and oxygen atoms in total. The first-order chi connectivity index (χ1) is 28.0. The van der Waals surface area contributed by atoms with Gasteiger partial charge in [-0.1, -0.05) is 162 Å². The molecule has 1 amide bonds. The first kappa shape index (κ1) is 55.4. The molecule has 3 atom stereocenters. The number of hydrogen-bond acceptors (Lipinski definition) is 6. The lowest BCUT2D eigenvalue weighted by Crippen LogP contribution is -2.45. The predicted octanol–water partition coefficient (Wildman–Crippen LogP) is 12.1. The van der Waals surface area contributed by atoms with Crippen molar-refractivity contribution in [1.82, 2.24) is 5.32 Å². The van der Waals surface area contributed by atoms with Gasteiger partial charge in [0.2, 0.25) is 5.91 Å². The first-order valence-corrected chi connectivity index (χ1v) is 24.1. The highest BCUT2D eigenvalue weighted by molar-refractivity contribution is 7.45. The van der Waals surface area contributed by atoms with Crippen molar-refractivity contribution in [2.24, 2.45) is 0 Å². The quantitative estimate of drug-likeness (QED) is 0.0276. The Labute approximate surface area is 356 Å². The van der Waals surface area contributed by atoms with Gasteiger partial charge in [-0.2, -0.15) is 0 Å². The van der Waals surface area contributed by atoms with Crippen molar-refractivity contribution < 1.29 is 32.9 Å². The third-order valence-corrected chi connectivity index (χ3v) is 10.2. The number of aliphatic hydroxyl groups is 1. The van der Waals surface area contributed by atoms with Crippen molar-refractivity contribution in [1.29, 1.82) is 0 Å². The molecule has 2 N–H and O–H groups in total. The monoisotopic (exact) mass is 829 g/mol. The molecule has 0 spiro atoms. The number of phosphoric ester groups is 1. The minimum Gasteiger partial charge on any atom is -0.756 e. The van der Waals surface area contributed by atoms with Crippen LogP contribution in [0.1, 0.15) is 155 Å². The van der Waals surface area contributed by atoms with Crippen LogP contribution in [-0.2, 0) is 18.4 Å². The summed E-state index contributed by atoms with van der Waals surface area (Å²) >= 11 is 0. The van der Waals surface area contributed by atoms with Gasteiger partial charge < -0.3 is 28.8 Å². The van der Waals surface area contributed by atoms with E-state index >= 15 is 0 Å². The molecule has 0 saturated carbocycles. The molecule has 0 heterocycles. The lowest BCUT2D eigenvalue weighted by molar-refractivity contribution is -0.870. The number of aliphatic hydroxyl groups excluding tert-OH is 1. The summed E-state index contributed by atoms with van der Waals surface area (Å²) < 4.78 is 23.1. The van der Waals surface area contributed by atoms with Gasteiger partial charge in [-0.25, -0.2) is 0 Å². The van der Waals surface area contributed by atoms with E-state index in [-0.39, 0.29) is 18.9 Å². The Morgan fingerprint density at radius 2 is 1.07 bits per heavy atom. The van der Waals surface area contributed by atoms with Crippen molar-refractivity contribution in [2.45, 2.75) is 167 Å². The van der Waals surface area contributed by atoms with Gasteiger partial charge in [0.15, 0.2) is 0 Å². The van der Waals surface area contributed by atoms with Crippen molar-refractivity contribution in [3.63, 3.8) is 0 Å². The number of nitrogens with zero attached hydrogens (tertiary/aromatic N) is 1. The number of amides is 1. The average Bonchev–Trinajstić information content (AvgIpc) is 3.17. The molecular weight excluding hydrogens is 744 g/mol. The number of allylic oxidation sites excluding steroid dienone is 15. The Morgan fingerprint density at radius 1 is 0.621 bits per heavy atom. The molecule has 0 aliphatic rings. The molecule has 0 fully saturated rings. The van der Waals surface area contributed by atoms with E-state index < -0.39 is 26.6 Å². The van der Waals surface area contributed by atoms with E-state index in [1.807, 2.05) is 27.2 Å². The fourth-order valence-corrected chi connectivity index (χ4v) is 6.41. The summed E-state index contributed by atoms with van der Waals surface area (Å²) in [4.78, 5) is 25.3. The highest BCUT2D eigenvalue weighted by Crippen LogP contribution is 2.38. The maximum Gasteiger partial charge on any atom is 0.268 e. The van der Waals surface area contributed by atoms with Crippen LogP contribution in [0.4, 0.5) is 0 Å². The van der Waals surface area contributed by atoms with Crippen LogP contribution in [0.5, 0.6) is 0 Å². The smallest absolute Gasteiger partial charge is 0.268 e. The average molecular weight is 829 g/mol. The molecule has 3 unspecified atom stereocenters. The summed E-state index contributed by atoms with van der Waals surface area (Å²) in [5.74, 6) is -0.273. The number of phosphoric acid groups is 1. The Balaban J connectivity index is 4.62. The second-order valence-electron chi connectivity index (χ2n) is 16.0. The summed E-state index contributed by atoms with van der Waals surface area (Å²) in [6, 6.07) is -0.945. The topological polar surface area (TPSA) is 108 Å². The molecule has 0 aromatic rings. The SMILES string of the molecule is CC/C=C\C/C=C\C/C=C\C/C=C\C/C=C\CCCC(=O)NC(COP(=O)([O-])OCC[N+](C)(C)C)C(O)/C=C/CC/C=C/CC/C=C/CCCCCCCCCCC. The van der Waals surface area contributed by atoms with Gasteiger partial charge in [0.1, 0.15) is 13.2 Å². The van der Waals surface area contributed by atoms with Gasteiger partial charge in [0.25, 0.3) is 7.82 Å². The van der Waals surface area contributed by atoms with Gasteiger partial charge in [0.05, 0.1) is 39.9 Å². The van der Waals surface area contributed by atoms with Gasteiger partial charge in [-0.15, -0.1) is 0 Å². The van der Waals surface area contributed by atoms with Crippen molar-refractivity contribution in [3.05, 3.63) is 97.2 Å². The van der Waals surface area contributed by atoms with Crippen LogP contribution >= 0.6 is 7.82 Å². The number of unbranched alkanes of at least 4 members (excludes halogenated alkanes) is 12. The summed E-state index contributed by atoms with van der Waals surface area (Å²) in [5.41, 5.74) is 0. The third-order valence-electron chi connectivity index (χ3n) is 9.26. The molecule has 0 aromatic carbocycles. The third kappa shape index (κ3) is 41.6. The number of likely N-dealkylation sites (N-methyl/N-ethyl adjacent to an activating group) is 1. The molecule has 0 radical (unpaired) electrons. The Kier molecular flexibility index (Phi) is 38.1. The predicted molar refractivity (Wildman–Crippen MR) is 246 cm³/mol. The fourth-order valence-electron chi connectivity index (χ4n) is 5.69. The summed E-state index contributed by atoms with van der Waals surface area (Å²) in [6.45, 7) is 4.43. The van der Waals surface area contributed by atoms with Gasteiger partial charge in [-0.05, 0) is 83.5 Å². The van der Waals surface area contributed by atoms with Crippen LogP contribution in [-0.4, -0.2) is 68.5 Å². The van der Waals surface area contributed by atoms with Crippen LogP contribution < -0.4 is 10.2 Å². The molecule has 0 bridgehead atoms. The Bertz CT molecular complexity index is 1260. The maximum absolute atomic E-state index is 12.8. The van der Waals surface area contributed by atoms with Gasteiger partial charge in [-0.3, -0.25) is 9.36 Å². The largest absolute Gasteiger partial charge is 0.756 e. The van der Waals surface area contributed by atoms with Crippen LogP contribution in [0, 0.1) is 0 Å². The molecule has 332 valence electrons. The molecular formula is C49H85N2O6P. The van der Waals surface area contributed by atoms with Crippen molar-refractivity contribution in [3.8, 4) is 0 Å². The van der Waals surface area contributed by atoms with E-state index in [0.29, 0.717) is 23.9 Å². The van der Waals surface area contributed by atoms with Crippen molar-refractivity contribution >= 4 is 13.7 Å². The highest BCUT2D eigenvalue weighted by Gasteiger charge is 2.23. The zero-order valence-electron chi connectivity index (χ0n) is 37.5. The van der Waals surface area contributed by atoms with Crippen LogP contribution in [0.2, 0.25) is 0 Å². The molecule has 58 heavy (non-hydrogen) atoms. The molecule has 0 rings (SSSR count). The lowest BCUT2D eigenvalue weighted by Gasteiger charge is -2.29. The van der Waals surface area contributed by atoms with E-state index in [1.165, 1.54) is 64.2 Å². The number of quaternary nitrogens is 1. The lowest BCUT2D eigenvalue weighted by atomic mass is 10.1. The number of carbonyl (C=O) groups excluding carboxylic acids is 1. The molecule has 0 saturated heterocycles. The summed E-state index contributed by atoms with van der Waals surface area (Å²) in [6.07, 6.45) is 56.1. The number of hydrogen-bond donors (Lipinski definition) is 2. The van der Waals surface area contributed by atoms with E-state index in [0.717, 1.165) is 57.8 Å². The minimum absolute atomic E-state index is 0.0251. The van der Waals surface area contributed by atoms with Crippen LogP contribution in [0.25, 0.3) is 0 Å². The zero-order valence-corrected chi connectivity index (χ0v) is 38.3. The Morgan fingerprint density at radius 3 is 1.60 bits per heavy atom. The van der Waals surface area contributed by atoms with E-state index in [1.54, 1.807) is 6.08 Å². The molecule has 0 aromatic heterocycles. The summed E-state index contributed by atoms with van der Waals surface area (Å²) in [7, 11) is 1.18. The van der Waals surface area contributed by atoms with E-state index in [4.69, 9.17) is 9.05 Å². The normalized spacial score (nSPS) is 15.2. The fraction of sp³-hybridized carbons (Fsp3) is 0.653. The number of rotatable bonds is 39. The van der Waals surface area contributed by atoms with Crippen LogP contribution in [0.15, 0.2) is 97.2 Å². The maximum atomic E-state index is 12.8. The van der Waals surface area contributed by atoms with Crippen LogP contribution in [0.3, 0.4) is 0 Å². The molecule has 0 aliphatic heterocycles. The molecule has 9 heteroatoms. The van der Waals surface area contributed by atoms with E-state index in [2.05, 4.69) is 104 Å². The minimum atomic E-state index is -4.62. The van der Waals surface area contributed by atoms with E-state index in [9.17, 15) is 19.4 Å². The standard InChI is InChI=1S/C49H85N2O6P/c1-6-8-10-12-14-16-18-20-22-24-25-27-28-30-32-34-36-38-40-42-48(52)47(46-57-58(54,55)56-45-44-51(3,4)5)50-49(53)43-41-39-37-35-33-31-29-26-23-21-19-17-15-13-11-9-7-2/h9,11,15,17,21,23,25,27,29,31-32,34-35,37,40,42,47-48,52H,6-8,10,12-14,16,18-20,22,24,26,28,30,33,36,38-39,41,43-46H2,1-5H3,(H-,50,53,54,55)/b11-9-,17-15-,23-21-,27-25+,31-29-,34-32+,37-35-,42-40+.